The molecule has 1 heterocycles. The summed E-state index contributed by atoms with van der Waals surface area (Å²) >= 11 is 0. The average molecular weight is 211 g/mol. The van der Waals surface area contributed by atoms with Crippen LogP contribution in [0.1, 0.15) is 23.7 Å². The van der Waals surface area contributed by atoms with Crippen LogP contribution in [0.15, 0.2) is 12.4 Å². The zero-order valence-electron chi connectivity index (χ0n) is 8.60. The Bertz CT molecular complexity index is 372. The SMILES string of the molecule is CCC(NC(=O)c1cnn(C)c1)C(=O)O. The minimum atomic E-state index is -1.03. The van der Waals surface area contributed by atoms with Crippen LogP contribution >= 0.6 is 0 Å². The minimum absolute atomic E-state index is 0.349. The lowest BCUT2D eigenvalue weighted by Gasteiger charge is -2.10. The Hall–Kier alpha value is -1.85. The molecule has 0 bridgehead atoms. The Morgan fingerprint density at radius 1 is 1.67 bits per heavy atom. The van der Waals surface area contributed by atoms with E-state index in [9.17, 15) is 9.59 Å². The number of carboxylic acids is 1. The number of hydrogen-bond acceptors (Lipinski definition) is 3. The molecule has 82 valence electrons. The second-order valence-corrected chi connectivity index (χ2v) is 3.18. The molecular formula is C9H13N3O3. The molecule has 1 atom stereocenters. The van der Waals surface area contributed by atoms with Gasteiger partial charge in [0, 0.05) is 13.2 Å². The number of carbonyl (C=O) groups is 2. The zero-order valence-corrected chi connectivity index (χ0v) is 8.60. The second-order valence-electron chi connectivity index (χ2n) is 3.18. The molecule has 0 aromatic carbocycles. The predicted octanol–water partition coefficient (Wildman–Crippen LogP) is 0.0131. The summed E-state index contributed by atoms with van der Waals surface area (Å²) < 4.78 is 1.48. The summed E-state index contributed by atoms with van der Waals surface area (Å²) in [5, 5.41) is 15.0. The number of aryl methyl sites for hydroxylation is 1. The Morgan fingerprint density at radius 2 is 2.33 bits per heavy atom. The number of nitrogens with one attached hydrogen (secondary N) is 1. The normalized spacial score (nSPS) is 12.1. The van der Waals surface area contributed by atoms with E-state index < -0.39 is 17.9 Å². The van der Waals surface area contributed by atoms with E-state index in [-0.39, 0.29) is 0 Å². The van der Waals surface area contributed by atoms with Crippen LogP contribution < -0.4 is 5.32 Å². The number of amides is 1. The van der Waals surface area contributed by atoms with Crippen LogP contribution in [0.5, 0.6) is 0 Å². The fraction of sp³-hybridized carbons (Fsp3) is 0.444. The number of aliphatic carboxylic acids is 1. The number of carbonyl (C=O) groups excluding carboxylic acids is 1. The highest BCUT2D eigenvalue weighted by molar-refractivity contribution is 5.96. The highest BCUT2D eigenvalue weighted by Crippen LogP contribution is 1.98. The van der Waals surface area contributed by atoms with Gasteiger partial charge in [0.1, 0.15) is 6.04 Å². The van der Waals surface area contributed by atoms with Crippen LogP contribution in [0.25, 0.3) is 0 Å². The number of rotatable bonds is 4. The molecule has 0 spiro atoms. The van der Waals surface area contributed by atoms with E-state index >= 15 is 0 Å². The molecule has 1 aromatic heterocycles. The van der Waals surface area contributed by atoms with Gasteiger partial charge in [-0.1, -0.05) is 6.92 Å². The quantitative estimate of drug-likeness (QED) is 0.735. The summed E-state index contributed by atoms with van der Waals surface area (Å²) in [5.74, 6) is -1.45. The van der Waals surface area contributed by atoms with E-state index in [4.69, 9.17) is 5.11 Å². The van der Waals surface area contributed by atoms with Crippen LogP contribution in [-0.4, -0.2) is 32.8 Å². The molecule has 0 saturated carbocycles. The van der Waals surface area contributed by atoms with Crippen molar-refractivity contribution in [1.29, 1.82) is 0 Å². The van der Waals surface area contributed by atoms with Gasteiger partial charge in [-0.3, -0.25) is 9.48 Å². The minimum Gasteiger partial charge on any atom is -0.480 e. The van der Waals surface area contributed by atoms with Crippen LogP contribution in [0.4, 0.5) is 0 Å². The van der Waals surface area contributed by atoms with Crippen LogP contribution in [-0.2, 0) is 11.8 Å². The molecule has 15 heavy (non-hydrogen) atoms. The molecule has 0 fully saturated rings. The summed E-state index contributed by atoms with van der Waals surface area (Å²) in [6, 6.07) is -0.849. The molecule has 1 unspecified atom stereocenters. The van der Waals surface area contributed by atoms with Gasteiger partial charge >= 0.3 is 5.97 Å². The number of nitrogens with zero attached hydrogens (tertiary/aromatic N) is 2. The van der Waals surface area contributed by atoms with E-state index in [0.29, 0.717) is 12.0 Å². The van der Waals surface area contributed by atoms with Crippen molar-refractivity contribution in [1.82, 2.24) is 15.1 Å². The summed E-state index contributed by atoms with van der Waals surface area (Å²) in [7, 11) is 1.69. The van der Waals surface area contributed by atoms with Gasteiger partial charge in [0.2, 0.25) is 0 Å². The van der Waals surface area contributed by atoms with E-state index in [2.05, 4.69) is 10.4 Å². The van der Waals surface area contributed by atoms with Crippen molar-refractivity contribution < 1.29 is 14.7 Å². The van der Waals surface area contributed by atoms with Gasteiger partial charge in [-0.05, 0) is 6.42 Å². The third kappa shape index (κ3) is 2.80. The maximum Gasteiger partial charge on any atom is 0.326 e. The molecular weight excluding hydrogens is 198 g/mol. The van der Waals surface area contributed by atoms with Gasteiger partial charge < -0.3 is 10.4 Å². The van der Waals surface area contributed by atoms with E-state index in [0.717, 1.165) is 0 Å². The number of carboxylic acid groups (broad SMARTS) is 1. The molecule has 6 nitrogen and oxygen atoms in total. The second kappa shape index (κ2) is 4.59. The lowest BCUT2D eigenvalue weighted by molar-refractivity contribution is -0.139. The van der Waals surface area contributed by atoms with Gasteiger partial charge in [0.15, 0.2) is 0 Å². The molecule has 0 aliphatic carbocycles. The van der Waals surface area contributed by atoms with Crippen LogP contribution in [0.3, 0.4) is 0 Å². The summed E-state index contributed by atoms with van der Waals surface area (Å²) in [6.07, 6.45) is 3.27. The van der Waals surface area contributed by atoms with Gasteiger partial charge in [-0.2, -0.15) is 5.10 Å². The standard InChI is InChI=1S/C9H13N3O3/c1-3-7(9(14)15)11-8(13)6-4-10-12(2)5-6/h4-5,7H,3H2,1-2H3,(H,11,13)(H,14,15). The summed E-state index contributed by atoms with van der Waals surface area (Å²) in [6.45, 7) is 1.70. The lowest BCUT2D eigenvalue weighted by Crippen LogP contribution is -2.40. The first-order valence-corrected chi connectivity index (χ1v) is 4.57. The van der Waals surface area contributed by atoms with Gasteiger partial charge in [-0.15, -0.1) is 0 Å². The lowest BCUT2D eigenvalue weighted by atomic mass is 10.2. The Balaban J connectivity index is 2.66. The molecule has 1 rings (SSSR count). The Labute approximate surface area is 86.9 Å². The zero-order chi connectivity index (χ0) is 11.4. The van der Waals surface area contributed by atoms with Gasteiger partial charge in [0.25, 0.3) is 5.91 Å². The van der Waals surface area contributed by atoms with Crippen molar-refractivity contribution in [3.05, 3.63) is 18.0 Å². The van der Waals surface area contributed by atoms with Crippen molar-refractivity contribution >= 4 is 11.9 Å². The first-order chi connectivity index (χ1) is 7.04. The van der Waals surface area contributed by atoms with Crippen molar-refractivity contribution in [2.24, 2.45) is 7.05 Å². The van der Waals surface area contributed by atoms with Crippen molar-refractivity contribution in [3.8, 4) is 0 Å². The molecule has 0 aliphatic heterocycles. The Morgan fingerprint density at radius 3 is 2.73 bits per heavy atom. The number of aromatic nitrogens is 2. The Kier molecular flexibility index (Phi) is 3.43. The first-order valence-electron chi connectivity index (χ1n) is 4.57. The fourth-order valence-corrected chi connectivity index (χ4v) is 1.12. The average Bonchev–Trinajstić information content (AvgIpc) is 2.60. The highest BCUT2D eigenvalue weighted by atomic mass is 16.4. The highest BCUT2D eigenvalue weighted by Gasteiger charge is 2.18. The summed E-state index contributed by atoms with van der Waals surface area (Å²) in [4.78, 5) is 22.2. The van der Waals surface area contributed by atoms with Crippen molar-refractivity contribution in [3.63, 3.8) is 0 Å². The predicted molar refractivity (Wildman–Crippen MR) is 52.4 cm³/mol. The maximum atomic E-state index is 11.5. The third-order valence-corrected chi connectivity index (χ3v) is 1.98. The fourth-order valence-electron chi connectivity index (χ4n) is 1.12. The maximum absolute atomic E-state index is 11.5. The first kappa shape index (κ1) is 11.2. The van der Waals surface area contributed by atoms with Crippen molar-refractivity contribution in [2.45, 2.75) is 19.4 Å². The van der Waals surface area contributed by atoms with E-state index in [1.54, 1.807) is 14.0 Å². The number of hydrogen-bond donors (Lipinski definition) is 2. The van der Waals surface area contributed by atoms with Gasteiger partial charge in [0.05, 0.1) is 11.8 Å². The van der Waals surface area contributed by atoms with Gasteiger partial charge in [-0.25, -0.2) is 4.79 Å². The van der Waals surface area contributed by atoms with E-state index in [1.807, 2.05) is 0 Å². The molecule has 0 saturated heterocycles. The third-order valence-electron chi connectivity index (χ3n) is 1.98. The van der Waals surface area contributed by atoms with Crippen molar-refractivity contribution in [2.75, 3.05) is 0 Å². The molecule has 0 radical (unpaired) electrons. The topological polar surface area (TPSA) is 84.2 Å². The smallest absolute Gasteiger partial charge is 0.326 e. The summed E-state index contributed by atoms with van der Waals surface area (Å²) in [5.41, 5.74) is 0.359. The molecule has 2 N–H and O–H groups in total. The molecule has 1 aromatic rings. The van der Waals surface area contributed by atoms with Crippen LogP contribution in [0.2, 0.25) is 0 Å². The molecule has 1 amide bonds. The monoisotopic (exact) mass is 211 g/mol. The molecule has 0 aliphatic rings. The molecule has 6 heteroatoms. The van der Waals surface area contributed by atoms with Crippen LogP contribution in [0, 0.1) is 0 Å². The largest absolute Gasteiger partial charge is 0.480 e. The van der Waals surface area contributed by atoms with E-state index in [1.165, 1.54) is 17.1 Å².